The van der Waals surface area contributed by atoms with Gasteiger partial charge >= 0.3 is 0 Å². The summed E-state index contributed by atoms with van der Waals surface area (Å²) in [4.78, 5) is 22.7. The predicted molar refractivity (Wildman–Crippen MR) is 66.0 cm³/mol. The van der Waals surface area contributed by atoms with Crippen LogP contribution < -0.4 is 16.8 Å². The van der Waals surface area contributed by atoms with Gasteiger partial charge in [-0.15, -0.1) is 0 Å². The van der Waals surface area contributed by atoms with Crippen LogP contribution in [0.25, 0.3) is 0 Å². The maximum Gasteiger partial charge on any atom is 0.221 e. The van der Waals surface area contributed by atoms with E-state index >= 15 is 0 Å². The molecule has 0 atom stereocenters. The molecule has 0 radical (unpaired) electrons. The van der Waals surface area contributed by atoms with Crippen LogP contribution in [0.5, 0.6) is 0 Å². The van der Waals surface area contributed by atoms with E-state index in [2.05, 4.69) is 5.32 Å². The summed E-state index contributed by atoms with van der Waals surface area (Å²) in [6, 6.07) is 0. The Bertz CT molecular complexity index is 303. The molecule has 1 saturated carbocycles. The number of primary amides is 1. The summed E-state index contributed by atoms with van der Waals surface area (Å²) in [5, 5.41) is 2.85. The van der Waals surface area contributed by atoms with Crippen LogP contribution in [0.3, 0.4) is 0 Å². The number of amides is 2. The summed E-state index contributed by atoms with van der Waals surface area (Å²) in [6.07, 6.45) is 3.79. The van der Waals surface area contributed by atoms with Gasteiger partial charge in [-0.05, 0) is 38.6 Å². The van der Waals surface area contributed by atoms with Crippen LogP contribution in [-0.2, 0) is 9.59 Å². The lowest BCUT2D eigenvalue weighted by Crippen LogP contribution is -2.49. The zero-order valence-electron chi connectivity index (χ0n) is 10.7. The Morgan fingerprint density at radius 3 is 2.29 bits per heavy atom. The van der Waals surface area contributed by atoms with Crippen LogP contribution in [0.15, 0.2) is 0 Å². The molecule has 1 aliphatic rings. The van der Waals surface area contributed by atoms with Crippen LogP contribution in [0.2, 0.25) is 0 Å². The van der Waals surface area contributed by atoms with Crippen molar-refractivity contribution in [2.45, 2.75) is 51.5 Å². The third kappa shape index (κ3) is 4.00. The van der Waals surface area contributed by atoms with E-state index in [9.17, 15) is 9.59 Å². The molecule has 1 fully saturated rings. The molecule has 0 aromatic rings. The molecule has 5 heteroatoms. The number of hydrogen-bond donors (Lipinski definition) is 3. The first-order valence-electron chi connectivity index (χ1n) is 6.08. The van der Waals surface area contributed by atoms with Crippen LogP contribution in [0.4, 0.5) is 0 Å². The number of carbonyl (C=O) groups excluding carboxylic acids is 2. The molecule has 0 saturated heterocycles. The van der Waals surface area contributed by atoms with Gasteiger partial charge in [0.05, 0.1) is 0 Å². The fraction of sp³-hybridized carbons (Fsp3) is 0.833. The fourth-order valence-corrected chi connectivity index (χ4v) is 2.37. The van der Waals surface area contributed by atoms with Crippen LogP contribution >= 0.6 is 0 Å². The Morgan fingerprint density at radius 1 is 1.35 bits per heavy atom. The quantitative estimate of drug-likeness (QED) is 0.622. The van der Waals surface area contributed by atoms with Gasteiger partial charge in [0, 0.05) is 18.4 Å². The van der Waals surface area contributed by atoms with E-state index in [1.807, 2.05) is 0 Å². The number of rotatable bonds is 6. The molecule has 98 valence electrons. The summed E-state index contributed by atoms with van der Waals surface area (Å²) in [6.45, 7) is 4.15. The van der Waals surface area contributed by atoms with Crippen LogP contribution in [0, 0.1) is 5.41 Å². The second-order valence-electron chi connectivity index (χ2n) is 5.81. The molecule has 0 aromatic heterocycles. The van der Waals surface area contributed by atoms with E-state index < -0.39 is 11.4 Å². The molecule has 5 nitrogen and oxygen atoms in total. The number of carbonyl (C=O) groups is 2. The van der Waals surface area contributed by atoms with E-state index in [1.165, 1.54) is 0 Å². The van der Waals surface area contributed by atoms with Gasteiger partial charge in [0.1, 0.15) is 0 Å². The lowest BCUT2D eigenvalue weighted by Gasteiger charge is -2.41. The normalized spacial score (nSPS) is 18.3. The van der Waals surface area contributed by atoms with Gasteiger partial charge < -0.3 is 16.8 Å². The maximum absolute atomic E-state index is 11.9. The van der Waals surface area contributed by atoms with E-state index in [0.717, 1.165) is 19.3 Å². The predicted octanol–water partition coefficient (Wildman–Crippen LogP) is 0.276. The summed E-state index contributed by atoms with van der Waals surface area (Å²) >= 11 is 0. The third-order valence-corrected chi connectivity index (χ3v) is 3.48. The lowest BCUT2D eigenvalue weighted by molar-refractivity contribution is -0.127. The summed E-state index contributed by atoms with van der Waals surface area (Å²) < 4.78 is 0. The smallest absolute Gasteiger partial charge is 0.221 e. The molecular weight excluding hydrogens is 218 g/mol. The minimum atomic E-state index is -0.581. The molecule has 0 heterocycles. The zero-order valence-corrected chi connectivity index (χ0v) is 10.7. The maximum atomic E-state index is 11.9. The Kier molecular flexibility index (Phi) is 4.14. The molecule has 17 heavy (non-hydrogen) atoms. The van der Waals surface area contributed by atoms with Gasteiger partial charge in [-0.3, -0.25) is 9.59 Å². The molecular formula is C12H23N3O2. The Morgan fingerprint density at radius 2 is 1.94 bits per heavy atom. The van der Waals surface area contributed by atoms with Crippen molar-refractivity contribution in [2.75, 3.05) is 6.54 Å². The average molecular weight is 241 g/mol. The molecule has 0 aliphatic heterocycles. The third-order valence-electron chi connectivity index (χ3n) is 3.48. The van der Waals surface area contributed by atoms with E-state index in [4.69, 9.17) is 11.5 Å². The first kappa shape index (κ1) is 14.0. The summed E-state index contributed by atoms with van der Waals surface area (Å²) in [5.74, 6) is -0.450. The zero-order chi connectivity index (χ0) is 13.1. The molecule has 1 aliphatic carbocycles. The molecule has 0 aromatic carbocycles. The molecule has 1 rings (SSSR count). The van der Waals surface area contributed by atoms with Gasteiger partial charge in [-0.25, -0.2) is 0 Å². The van der Waals surface area contributed by atoms with Crippen molar-refractivity contribution in [1.29, 1.82) is 0 Å². The highest BCUT2D eigenvalue weighted by molar-refractivity contribution is 5.80. The molecule has 0 spiro atoms. The minimum absolute atomic E-state index is 0.00706. The van der Waals surface area contributed by atoms with E-state index in [0.29, 0.717) is 13.0 Å². The second kappa shape index (κ2) is 5.04. The number of nitrogens with one attached hydrogen (secondary N) is 1. The minimum Gasteiger partial charge on any atom is -0.370 e. The van der Waals surface area contributed by atoms with Crippen molar-refractivity contribution < 1.29 is 9.59 Å². The van der Waals surface area contributed by atoms with Gasteiger partial charge in [-0.2, -0.15) is 0 Å². The summed E-state index contributed by atoms with van der Waals surface area (Å²) in [7, 11) is 0. The SMILES string of the molecule is CC(C)(CC(N)=O)NC(=O)CC1(CN)CCC1. The van der Waals surface area contributed by atoms with Gasteiger partial charge in [0.2, 0.25) is 11.8 Å². The topological polar surface area (TPSA) is 98.2 Å². The van der Waals surface area contributed by atoms with Crippen molar-refractivity contribution in [1.82, 2.24) is 5.32 Å². The highest BCUT2D eigenvalue weighted by Gasteiger charge is 2.38. The van der Waals surface area contributed by atoms with Crippen LogP contribution in [-0.4, -0.2) is 23.9 Å². The highest BCUT2D eigenvalue weighted by Crippen LogP contribution is 2.42. The van der Waals surface area contributed by atoms with Crippen molar-refractivity contribution >= 4 is 11.8 Å². The number of hydrogen-bond acceptors (Lipinski definition) is 3. The Labute approximate surface area is 102 Å². The van der Waals surface area contributed by atoms with Gasteiger partial charge in [0.25, 0.3) is 0 Å². The molecule has 5 N–H and O–H groups in total. The fourth-order valence-electron chi connectivity index (χ4n) is 2.37. The monoisotopic (exact) mass is 241 g/mol. The van der Waals surface area contributed by atoms with E-state index in [-0.39, 0.29) is 17.7 Å². The first-order valence-corrected chi connectivity index (χ1v) is 6.08. The number of nitrogens with two attached hydrogens (primary N) is 2. The Hall–Kier alpha value is -1.10. The second-order valence-corrected chi connectivity index (χ2v) is 5.81. The van der Waals surface area contributed by atoms with Crippen molar-refractivity contribution in [2.24, 2.45) is 16.9 Å². The van der Waals surface area contributed by atoms with Crippen LogP contribution in [0.1, 0.15) is 46.0 Å². The van der Waals surface area contributed by atoms with E-state index in [1.54, 1.807) is 13.8 Å². The van der Waals surface area contributed by atoms with Crippen molar-refractivity contribution in [3.63, 3.8) is 0 Å². The summed E-state index contributed by atoms with van der Waals surface area (Å²) in [5.41, 5.74) is 10.3. The molecule has 0 bridgehead atoms. The molecule has 0 unspecified atom stereocenters. The molecule has 2 amide bonds. The average Bonchev–Trinajstić information content (AvgIpc) is 2.07. The highest BCUT2D eigenvalue weighted by atomic mass is 16.2. The van der Waals surface area contributed by atoms with Crippen molar-refractivity contribution in [3.05, 3.63) is 0 Å². The van der Waals surface area contributed by atoms with Gasteiger partial charge in [-0.1, -0.05) is 6.42 Å². The van der Waals surface area contributed by atoms with Gasteiger partial charge in [0.15, 0.2) is 0 Å². The lowest BCUT2D eigenvalue weighted by atomic mass is 9.66. The standard InChI is InChI=1S/C12H23N3O2/c1-11(2,6-9(14)16)15-10(17)7-12(8-13)4-3-5-12/h3-8,13H2,1-2H3,(H2,14,16)(H,15,17). The van der Waals surface area contributed by atoms with Crippen molar-refractivity contribution in [3.8, 4) is 0 Å². The largest absolute Gasteiger partial charge is 0.370 e. The first-order chi connectivity index (χ1) is 7.79. The Balaban J connectivity index is 2.46.